The average molecular weight is 561 g/mol. The van der Waals surface area contributed by atoms with Crippen molar-refractivity contribution in [2.75, 3.05) is 6.61 Å². The Labute approximate surface area is 235 Å². The highest BCUT2D eigenvalue weighted by atomic mass is 79.9. The highest BCUT2D eigenvalue weighted by Crippen LogP contribution is 2.36. The maximum atomic E-state index is 9.10. The van der Waals surface area contributed by atoms with Gasteiger partial charge in [0.05, 0.1) is 0 Å². The lowest BCUT2D eigenvalue weighted by Crippen LogP contribution is -3.00. The summed E-state index contributed by atoms with van der Waals surface area (Å²) in [7, 11) is 0. The van der Waals surface area contributed by atoms with E-state index in [4.69, 9.17) is 5.11 Å². The Kier molecular flexibility index (Phi) is 9.58. The maximum Gasteiger partial charge on any atom is 0.171 e. The highest BCUT2D eigenvalue weighted by Gasteiger charge is 2.15. The van der Waals surface area contributed by atoms with Crippen LogP contribution in [0.4, 0.5) is 0 Å². The molecular weight excluding hydrogens is 530 g/mol. The third-order valence-corrected chi connectivity index (χ3v) is 6.38. The van der Waals surface area contributed by atoms with E-state index < -0.39 is 0 Å². The molecule has 4 aromatic carbocycles. The Hall–Kier alpha value is -4.05. The van der Waals surface area contributed by atoms with Gasteiger partial charge in [-0.25, -0.2) is 4.57 Å². The minimum Gasteiger partial charge on any atom is -1.00 e. The van der Waals surface area contributed by atoms with Crippen LogP contribution in [0.2, 0.25) is 0 Å². The Morgan fingerprint density at radius 1 is 0.500 bits per heavy atom. The van der Waals surface area contributed by atoms with Crippen molar-refractivity contribution in [2.45, 2.75) is 6.54 Å². The smallest absolute Gasteiger partial charge is 0.171 e. The second kappa shape index (κ2) is 13.5. The molecule has 0 aliphatic heterocycles. The van der Waals surface area contributed by atoms with Crippen LogP contribution in [-0.4, -0.2) is 11.7 Å². The molecule has 0 fully saturated rings. The number of aromatic nitrogens is 1. The predicted molar refractivity (Wildman–Crippen MR) is 153 cm³/mol. The molecular formula is C35H30BrNO. The molecule has 0 saturated heterocycles. The first kappa shape index (κ1) is 27.0. The van der Waals surface area contributed by atoms with Crippen molar-refractivity contribution in [2.24, 2.45) is 0 Å². The number of aliphatic hydroxyl groups is 1. The van der Waals surface area contributed by atoms with Gasteiger partial charge < -0.3 is 22.1 Å². The van der Waals surface area contributed by atoms with Crippen LogP contribution in [0.1, 0.15) is 33.4 Å². The van der Waals surface area contributed by atoms with Crippen molar-refractivity contribution in [3.63, 3.8) is 0 Å². The molecule has 1 N–H and O–H groups in total. The molecule has 2 nitrogen and oxygen atoms in total. The van der Waals surface area contributed by atoms with Crippen LogP contribution < -0.4 is 21.5 Å². The molecule has 0 aliphatic carbocycles. The molecule has 5 rings (SSSR count). The Morgan fingerprint density at radius 3 is 1.26 bits per heavy atom. The first-order chi connectivity index (χ1) is 18.3. The molecule has 0 atom stereocenters. The quantitative estimate of drug-likeness (QED) is 0.224. The van der Waals surface area contributed by atoms with Gasteiger partial charge in [-0.05, 0) is 44.5 Å². The third-order valence-electron chi connectivity index (χ3n) is 6.38. The van der Waals surface area contributed by atoms with Crippen LogP contribution in [0.15, 0.2) is 140 Å². The van der Waals surface area contributed by atoms with Crippen LogP contribution in [0.3, 0.4) is 0 Å². The highest BCUT2D eigenvalue weighted by molar-refractivity contribution is 6.04. The Bertz CT molecular complexity index is 1430. The van der Waals surface area contributed by atoms with Crippen LogP contribution >= 0.6 is 0 Å². The largest absolute Gasteiger partial charge is 1.00 e. The number of rotatable bonds is 8. The minimum absolute atomic E-state index is 0. The lowest BCUT2D eigenvalue weighted by Gasteiger charge is -2.18. The molecule has 1 heterocycles. The van der Waals surface area contributed by atoms with E-state index in [1.165, 1.54) is 33.4 Å². The topological polar surface area (TPSA) is 24.1 Å². The van der Waals surface area contributed by atoms with Crippen molar-refractivity contribution in [3.8, 4) is 0 Å². The van der Waals surface area contributed by atoms with Gasteiger partial charge >= 0.3 is 0 Å². The van der Waals surface area contributed by atoms with E-state index in [1.807, 2.05) is 17.0 Å². The fraction of sp³-hybridized carbons (Fsp3) is 0.0571. The summed E-state index contributed by atoms with van der Waals surface area (Å²) in [6.07, 6.45) is 8.23. The second-order valence-electron chi connectivity index (χ2n) is 8.90. The van der Waals surface area contributed by atoms with Gasteiger partial charge in [0.1, 0.15) is 6.61 Å². The first-order valence-electron chi connectivity index (χ1n) is 12.6. The van der Waals surface area contributed by atoms with Crippen LogP contribution in [-0.2, 0) is 6.54 Å². The maximum absolute atomic E-state index is 9.10. The van der Waals surface area contributed by atoms with E-state index in [1.54, 1.807) is 0 Å². The van der Waals surface area contributed by atoms with Crippen molar-refractivity contribution in [1.29, 1.82) is 0 Å². The van der Waals surface area contributed by atoms with Crippen molar-refractivity contribution >= 4 is 23.3 Å². The number of hydrogen-bond acceptors (Lipinski definition) is 1. The molecule has 0 amide bonds. The summed E-state index contributed by atoms with van der Waals surface area (Å²) < 4.78 is 1.97. The SMILES string of the molecule is OCC[n+]1ccc(/C=C/c2ccc(C(=C(c3ccccc3)c3ccccc3)c3ccccc3)cc2)cc1.[Br-]. The fourth-order valence-corrected chi connectivity index (χ4v) is 4.52. The first-order valence-corrected chi connectivity index (χ1v) is 12.6. The number of pyridine rings is 1. The van der Waals surface area contributed by atoms with Gasteiger partial charge in [0.2, 0.25) is 0 Å². The number of halogens is 1. The van der Waals surface area contributed by atoms with Gasteiger partial charge in [0.25, 0.3) is 0 Å². The number of nitrogens with zero attached hydrogens (tertiary/aromatic N) is 1. The zero-order chi connectivity index (χ0) is 25.3. The Morgan fingerprint density at radius 2 is 0.868 bits per heavy atom. The molecule has 0 aliphatic rings. The molecule has 188 valence electrons. The normalized spacial score (nSPS) is 10.7. The van der Waals surface area contributed by atoms with E-state index in [9.17, 15) is 0 Å². The number of aliphatic hydroxyl groups excluding tert-OH is 1. The molecule has 1 aromatic heterocycles. The molecule has 38 heavy (non-hydrogen) atoms. The molecule has 0 bridgehead atoms. The van der Waals surface area contributed by atoms with Crippen molar-refractivity contribution < 1.29 is 26.7 Å². The van der Waals surface area contributed by atoms with Gasteiger partial charge in [0, 0.05) is 12.1 Å². The lowest BCUT2D eigenvalue weighted by atomic mass is 9.85. The van der Waals surface area contributed by atoms with Crippen molar-refractivity contribution in [1.82, 2.24) is 0 Å². The summed E-state index contributed by atoms with van der Waals surface area (Å²) in [4.78, 5) is 0. The number of benzene rings is 4. The lowest BCUT2D eigenvalue weighted by molar-refractivity contribution is -0.698. The monoisotopic (exact) mass is 559 g/mol. The number of hydrogen-bond donors (Lipinski definition) is 1. The molecule has 0 radical (unpaired) electrons. The summed E-state index contributed by atoms with van der Waals surface area (Å²) in [6, 6.07) is 44.8. The molecule has 0 saturated carbocycles. The van der Waals surface area contributed by atoms with Crippen LogP contribution in [0.5, 0.6) is 0 Å². The average Bonchev–Trinajstić information content (AvgIpc) is 2.97. The molecule has 0 unspecified atom stereocenters. The zero-order valence-corrected chi connectivity index (χ0v) is 22.7. The molecule has 3 heteroatoms. The summed E-state index contributed by atoms with van der Waals surface area (Å²) in [5.74, 6) is 0. The van der Waals surface area contributed by atoms with Crippen LogP contribution in [0, 0.1) is 0 Å². The Balaban J connectivity index is 0.00000336. The van der Waals surface area contributed by atoms with Gasteiger partial charge in [-0.15, -0.1) is 0 Å². The summed E-state index contributed by atoms with van der Waals surface area (Å²) in [5.41, 5.74) is 9.45. The zero-order valence-electron chi connectivity index (χ0n) is 21.1. The predicted octanol–water partition coefficient (Wildman–Crippen LogP) is 4.15. The molecule has 0 spiro atoms. The fourth-order valence-electron chi connectivity index (χ4n) is 4.52. The summed E-state index contributed by atoms with van der Waals surface area (Å²) in [5, 5.41) is 9.10. The molecule has 5 aromatic rings. The minimum atomic E-state index is 0. The van der Waals surface area contributed by atoms with E-state index in [2.05, 4.69) is 140 Å². The summed E-state index contributed by atoms with van der Waals surface area (Å²) in [6.45, 7) is 0.749. The van der Waals surface area contributed by atoms with E-state index in [0.717, 1.165) is 11.1 Å². The van der Waals surface area contributed by atoms with E-state index in [0.29, 0.717) is 6.54 Å². The van der Waals surface area contributed by atoms with E-state index in [-0.39, 0.29) is 23.6 Å². The van der Waals surface area contributed by atoms with Gasteiger partial charge in [-0.1, -0.05) is 127 Å². The van der Waals surface area contributed by atoms with Gasteiger partial charge in [-0.3, -0.25) is 0 Å². The standard InChI is InChI=1S/C35H30NO.BrH/c37-27-26-36-24-22-29(23-25-36)17-16-28-18-20-33(21-19-28)35(32-14-8-3-9-15-32)34(30-10-4-1-5-11-30)31-12-6-2-7-13-31;/h1-25,37H,26-27H2;1H/q+1;/p-1/b17-16+;. The van der Waals surface area contributed by atoms with Crippen LogP contribution in [0.25, 0.3) is 23.3 Å². The van der Waals surface area contributed by atoms with E-state index >= 15 is 0 Å². The van der Waals surface area contributed by atoms with Gasteiger partial charge in [0.15, 0.2) is 18.9 Å². The second-order valence-corrected chi connectivity index (χ2v) is 8.90. The third kappa shape index (κ3) is 6.63. The van der Waals surface area contributed by atoms with Crippen molar-refractivity contribution in [3.05, 3.63) is 173 Å². The van der Waals surface area contributed by atoms with Gasteiger partial charge in [-0.2, -0.15) is 0 Å². The summed E-state index contributed by atoms with van der Waals surface area (Å²) >= 11 is 0.